The molecule has 0 spiro atoms. The Labute approximate surface area is 232 Å². The summed E-state index contributed by atoms with van der Waals surface area (Å²) in [7, 11) is 2.01. The van der Waals surface area contributed by atoms with Gasteiger partial charge in [-0.25, -0.2) is 9.78 Å². The molecule has 3 aromatic rings. The molecular formula is C30H37F3N4O3. The van der Waals surface area contributed by atoms with Crippen LogP contribution in [0.5, 0.6) is 0 Å². The van der Waals surface area contributed by atoms with Crippen molar-refractivity contribution in [1.29, 1.82) is 0 Å². The number of carbonyl (C=O) groups is 1. The maximum absolute atomic E-state index is 13.7. The third kappa shape index (κ3) is 7.21. The second kappa shape index (κ2) is 12.0. The molecule has 216 valence electrons. The van der Waals surface area contributed by atoms with Crippen molar-refractivity contribution in [1.82, 2.24) is 19.8 Å². The van der Waals surface area contributed by atoms with E-state index in [2.05, 4.69) is 10.2 Å². The van der Waals surface area contributed by atoms with E-state index in [0.29, 0.717) is 25.3 Å². The smallest absolute Gasteiger partial charge is 0.416 e. The maximum Gasteiger partial charge on any atom is 0.416 e. The van der Waals surface area contributed by atoms with Gasteiger partial charge in [-0.1, -0.05) is 51.1 Å². The lowest BCUT2D eigenvalue weighted by molar-refractivity contribution is -0.137. The Kier molecular flexibility index (Phi) is 8.87. The number of alkyl halides is 3. The van der Waals surface area contributed by atoms with E-state index >= 15 is 0 Å². The predicted octanol–water partition coefficient (Wildman–Crippen LogP) is 5.96. The molecule has 1 saturated heterocycles. The summed E-state index contributed by atoms with van der Waals surface area (Å²) in [6.45, 7) is 7.65. The number of ether oxygens (including phenoxy) is 1. The summed E-state index contributed by atoms with van der Waals surface area (Å²) in [5, 5.41) is 2.79. The van der Waals surface area contributed by atoms with Crippen LogP contribution < -0.4 is 10.9 Å². The summed E-state index contributed by atoms with van der Waals surface area (Å²) < 4.78 is 47.2. The van der Waals surface area contributed by atoms with Gasteiger partial charge in [-0.15, -0.1) is 0 Å². The first kappa shape index (κ1) is 29.6. The van der Waals surface area contributed by atoms with Crippen LogP contribution in [0.1, 0.15) is 62.9 Å². The average molecular weight is 559 g/mol. The van der Waals surface area contributed by atoms with Gasteiger partial charge in [0.2, 0.25) is 0 Å². The third-order valence-corrected chi connectivity index (χ3v) is 7.25. The number of nitrogens with one attached hydrogen (secondary N) is 1. The predicted molar refractivity (Wildman–Crippen MR) is 148 cm³/mol. The van der Waals surface area contributed by atoms with Crippen molar-refractivity contribution in [3.05, 3.63) is 75.8 Å². The van der Waals surface area contributed by atoms with Crippen molar-refractivity contribution in [2.75, 3.05) is 20.1 Å². The lowest BCUT2D eigenvalue weighted by Gasteiger charge is -2.40. The summed E-state index contributed by atoms with van der Waals surface area (Å²) in [6.07, 6.45) is -2.80. The molecule has 4 rings (SSSR count). The zero-order valence-corrected chi connectivity index (χ0v) is 23.4. The van der Waals surface area contributed by atoms with Crippen LogP contribution in [0.4, 0.5) is 18.0 Å². The van der Waals surface area contributed by atoms with Crippen molar-refractivity contribution in [2.45, 2.75) is 71.3 Å². The molecule has 1 aromatic heterocycles. The standard InChI is InChI=1S/C30H37F3N4O3/c1-29(2,3)19-37-26(35-24-13-12-21(30(31,32)33)17-23(24)27(37)38)22-11-8-16-36(4)25(22)14-15-34-28(39)40-18-20-9-6-5-7-10-20/h5-7,9-10,12-13,17,22,25H,8,11,14-16,18-19H2,1-4H3,(H,34,39). The molecule has 0 bridgehead atoms. The van der Waals surface area contributed by atoms with Gasteiger partial charge in [-0.2, -0.15) is 13.2 Å². The monoisotopic (exact) mass is 558 g/mol. The van der Waals surface area contributed by atoms with Gasteiger partial charge in [-0.3, -0.25) is 9.36 Å². The number of carbonyl (C=O) groups excluding carboxylic acids is 1. The maximum atomic E-state index is 13.7. The number of nitrogens with zero attached hydrogens (tertiary/aromatic N) is 3. The van der Waals surface area contributed by atoms with E-state index in [1.54, 1.807) is 4.57 Å². The van der Waals surface area contributed by atoms with Crippen molar-refractivity contribution in [3.63, 3.8) is 0 Å². The van der Waals surface area contributed by atoms with Gasteiger partial charge in [0.15, 0.2) is 0 Å². The summed E-state index contributed by atoms with van der Waals surface area (Å²) in [5.74, 6) is 0.443. The topological polar surface area (TPSA) is 76.5 Å². The van der Waals surface area contributed by atoms with Crippen LogP contribution in [0.2, 0.25) is 0 Å². The highest BCUT2D eigenvalue weighted by molar-refractivity contribution is 5.78. The van der Waals surface area contributed by atoms with Gasteiger partial charge in [-0.05, 0) is 62.0 Å². The largest absolute Gasteiger partial charge is 0.445 e. The number of halogens is 3. The van der Waals surface area contributed by atoms with E-state index < -0.39 is 23.4 Å². The molecule has 10 heteroatoms. The summed E-state index contributed by atoms with van der Waals surface area (Å²) >= 11 is 0. The first-order valence-corrected chi connectivity index (χ1v) is 13.6. The SMILES string of the molecule is CN1CCCC(c2nc3ccc(C(F)(F)F)cc3c(=O)n2CC(C)(C)C)C1CCNC(=O)OCc1ccccc1. The van der Waals surface area contributed by atoms with E-state index in [4.69, 9.17) is 9.72 Å². The summed E-state index contributed by atoms with van der Waals surface area (Å²) in [6, 6.07) is 12.6. The molecule has 40 heavy (non-hydrogen) atoms. The minimum atomic E-state index is -4.55. The van der Waals surface area contributed by atoms with Crippen LogP contribution in [0, 0.1) is 5.41 Å². The molecule has 2 heterocycles. The summed E-state index contributed by atoms with van der Waals surface area (Å²) in [5.41, 5.74) is -0.487. The minimum absolute atomic E-state index is 0.0341. The number of hydrogen-bond acceptors (Lipinski definition) is 5. The second-order valence-electron chi connectivity index (χ2n) is 11.7. The van der Waals surface area contributed by atoms with Gasteiger partial charge in [0.25, 0.3) is 5.56 Å². The number of piperidine rings is 1. The Morgan fingerprint density at radius 2 is 1.85 bits per heavy atom. The van der Waals surface area contributed by atoms with E-state index in [1.165, 1.54) is 6.07 Å². The Balaban J connectivity index is 1.59. The van der Waals surface area contributed by atoms with Gasteiger partial charge in [0.1, 0.15) is 12.4 Å². The Hall–Kier alpha value is -3.40. The second-order valence-corrected chi connectivity index (χ2v) is 11.7. The quantitative estimate of drug-likeness (QED) is 0.388. The molecule has 2 unspecified atom stereocenters. The molecule has 7 nitrogen and oxygen atoms in total. The lowest BCUT2D eigenvalue weighted by atomic mass is 9.85. The number of rotatable bonds is 7. The van der Waals surface area contributed by atoms with E-state index in [0.717, 1.165) is 37.1 Å². The van der Waals surface area contributed by atoms with Crippen LogP contribution in [-0.4, -0.2) is 46.7 Å². The Bertz CT molecular complexity index is 1380. The van der Waals surface area contributed by atoms with Crippen molar-refractivity contribution < 1.29 is 22.7 Å². The van der Waals surface area contributed by atoms with E-state index in [9.17, 15) is 22.8 Å². The molecule has 1 amide bonds. The van der Waals surface area contributed by atoms with E-state index in [-0.39, 0.29) is 34.9 Å². The summed E-state index contributed by atoms with van der Waals surface area (Å²) in [4.78, 5) is 33.0. The van der Waals surface area contributed by atoms with Gasteiger partial charge in [0, 0.05) is 25.0 Å². The minimum Gasteiger partial charge on any atom is -0.445 e. The Morgan fingerprint density at radius 3 is 2.52 bits per heavy atom. The number of benzene rings is 2. The molecule has 2 aromatic carbocycles. The fraction of sp³-hybridized carbons (Fsp3) is 0.500. The first-order valence-electron chi connectivity index (χ1n) is 13.6. The number of hydrogen-bond donors (Lipinski definition) is 1. The van der Waals surface area contributed by atoms with Gasteiger partial charge in [0.05, 0.1) is 16.5 Å². The molecule has 1 fully saturated rings. The highest BCUT2D eigenvalue weighted by Gasteiger charge is 2.35. The number of likely N-dealkylation sites (tertiary alicyclic amines) is 1. The highest BCUT2D eigenvalue weighted by Crippen LogP contribution is 2.35. The van der Waals surface area contributed by atoms with Crippen LogP contribution in [0.3, 0.4) is 0 Å². The van der Waals surface area contributed by atoms with E-state index in [1.807, 2.05) is 58.2 Å². The van der Waals surface area contributed by atoms with Crippen molar-refractivity contribution in [3.8, 4) is 0 Å². The van der Waals surface area contributed by atoms with Crippen LogP contribution in [-0.2, 0) is 24.1 Å². The number of aromatic nitrogens is 2. The van der Waals surface area contributed by atoms with Crippen molar-refractivity contribution >= 4 is 17.0 Å². The molecule has 1 aliphatic heterocycles. The van der Waals surface area contributed by atoms with Gasteiger partial charge >= 0.3 is 12.3 Å². The number of amides is 1. The average Bonchev–Trinajstić information content (AvgIpc) is 2.89. The fourth-order valence-electron chi connectivity index (χ4n) is 5.37. The molecule has 0 aliphatic carbocycles. The molecule has 0 radical (unpaired) electrons. The zero-order valence-electron chi connectivity index (χ0n) is 23.4. The highest BCUT2D eigenvalue weighted by atomic mass is 19.4. The molecule has 1 aliphatic rings. The van der Waals surface area contributed by atoms with Crippen LogP contribution in [0.15, 0.2) is 53.3 Å². The first-order chi connectivity index (χ1) is 18.8. The molecular weight excluding hydrogens is 521 g/mol. The zero-order chi connectivity index (χ0) is 29.1. The van der Waals surface area contributed by atoms with Crippen LogP contribution >= 0.6 is 0 Å². The van der Waals surface area contributed by atoms with Gasteiger partial charge < -0.3 is 15.0 Å². The fourth-order valence-corrected chi connectivity index (χ4v) is 5.37. The normalized spacial score (nSPS) is 18.6. The number of likely N-dealkylation sites (N-methyl/N-ethyl adjacent to an activating group) is 1. The third-order valence-electron chi connectivity index (χ3n) is 7.25. The van der Waals surface area contributed by atoms with Crippen LogP contribution in [0.25, 0.3) is 10.9 Å². The lowest BCUT2D eigenvalue weighted by Crippen LogP contribution is -2.46. The number of alkyl carbamates (subject to hydrolysis) is 1. The molecule has 1 N–H and O–H groups in total. The molecule has 0 saturated carbocycles. The number of fused-ring (bicyclic) bond motifs is 1. The Morgan fingerprint density at radius 1 is 1.12 bits per heavy atom. The van der Waals surface area contributed by atoms with Crippen molar-refractivity contribution in [2.24, 2.45) is 5.41 Å². The molecule has 2 atom stereocenters.